The zero-order valence-corrected chi connectivity index (χ0v) is 15.1. The van der Waals surface area contributed by atoms with Gasteiger partial charge in [-0.3, -0.25) is 14.4 Å². The van der Waals surface area contributed by atoms with Crippen LogP contribution in [0.5, 0.6) is 0 Å². The van der Waals surface area contributed by atoms with E-state index in [0.29, 0.717) is 5.56 Å². The summed E-state index contributed by atoms with van der Waals surface area (Å²) >= 11 is 0. The first-order valence-corrected chi connectivity index (χ1v) is 9.13. The number of esters is 1. The van der Waals surface area contributed by atoms with Crippen molar-refractivity contribution in [3.63, 3.8) is 0 Å². The predicted molar refractivity (Wildman–Crippen MR) is 95.5 cm³/mol. The molecule has 0 atom stereocenters. The van der Waals surface area contributed by atoms with Crippen LogP contribution in [-0.2, 0) is 27.2 Å². The Morgan fingerprint density at radius 1 is 1.08 bits per heavy atom. The van der Waals surface area contributed by atoms with E-state index in [1.807, 2.05) is 32.0 Å². The first-order chi connectivity index (χ1) is 12.0. The van der Waals surface area contributed by atoms with E-state index >= 15 is 0 Å². The monoisotopic (exact) mass is 345 g/mol. The lowest BCUT2D eigenvalue weighted by molar-refractivity contribution is -0.148. The van der Waals surface area contributed by atoms with Gasteiger partial charge in [0.1, 0.15) is 0 Å². The molecule has 2 rings (SSSR count). The summed E-state index contributed by atoms with van der Waals surface area (Å²) in [5.74, 6) is -0.880. The normalized spacial score (nSPS) is 12.8. The predicted octanol–water partition coefficient (Wildman–Crippen LogP) is 2.99. The molecule has 1 aliphatic rings. The number of carbonyl (C=O) groups excluding carboxylic acids is 3. The van der Waals surface area contributed by atoms with Crippen LogP contribution >= 0.6 is 0 Å². The maximum absolute atomic E-state index is 12.2. The van der Waals surface area contributed by atoms with Crippen LogP contribution in [0.3, 0.4) is 0 Å². The molecule has 0 fully saturated rings. The fourth-order valence-electron chi connectivity index (χ4n) is 3.09. The van der Waals surface area contributed by atoms with E-state index in [9.17, 15) is 14.4 Å². The van der Waals surface area contributed by atoms with Gasteiger partial charge in [0.05, 0.1) is 6.42 Å². The minimum absolute atomic E-state index is 0.00577. The highest BCUT2D eigenvalue weighted by Crippen LogP contribution is 2.23. The van der Waals surface area contributed by atoms with Gasteiger partial charge >= 0.3 is 5.97 Å². The highest BCUT2D eigenvalue weighted by Gasteiger charge is 2.16. The van der Waals surface area contributed by atoms with Gasteiger partial charge in [0.25, 0.3) is 5.91 Å². The van der Waals surface area contributed by atoms with Gasteiger partial charge in [-0.25, -0.2) is 0 Å². The van der Waals surface area contributed by atoms with Crippen molar-refractivity contribution in [1.29, 1.82) is 0 Å². The lowest BCUT2D eigenvalue weighted by Gasteiger charge is -2.14. The van der Waals surface area contributed by atoms with Crippen molar-refractivity contribution >= 4 is 17.7 Å². The summed E-state index contributed by atoms with van der Waals surface area (Å²) in [6.07, 6.45) is 5.01. The van der Waals surface area contributed by atoms with E-state index in [4.69, 9.17) is 4.74 Å². The summed E-state index contributed by atoms with van der Waals surface area (Å²) in [5, 5.41) is 2.80. The maximum Gasteiger partial charge on any atom is 0.306 e. The summed E-state index contributed by atoms with van der Waals surface area (Å²) in [4.78, 5) is 35.7. The van der Waals surface area contributed by atoms with Crippen LogP contribution in [0.4, 0.5) is 0 Å². The molecule has 1 aromatic rings. The van der Waals surface area contributed by atoms with Crippen molar-refractivity contribution in [3.05, 3.63) is 34.9 Å². The Labute approximate surface area is 149 Å². The summed E-state index contributed by atoms with van der Waals surface area (Å²) in [6, 6.07) is 5.89. The Morgan fingerprint density at radius 2 is 1.80 bits per heavy atom. The quantitative estimate of drug-likeness (QED) is 0.552. The summed E-state index contributed by atoms with van der Waals surface area (Å²) < 4.78 is 4.95. The van der Waals surface area contributed by atoms with Gasteiger partial charge < -0.3 is 10.1 Å². The van der Waals surface area contributed by atoms with Gasteiger partial charge in [0, 0.05) is 18.0 Å². The smallest absolute Gasteiger partial charge is 0.306 e. The van der Waals surface area contributed by atoms with Gasteiger partial charge in [-0.15, -0.1) is 0 Å². The topological polar surface area (TPSA) is 72.5 Å². The number of Topliss-reactive ketones (excluding diaryl/α,β-unsaturated/α-hetero) is 1. The lowest BCUT2D eigenvalue weighted by atomic mass is 10.0. The molecule has 0 bridgehead atoms. The van der Waals surface area contributed by atoms with E-state index in [0.717, 1.165) is 32.1 Å². The first-order valence-electron chi connectivity index (χ1n) is 9.13. The molecule has 0 unspecified atom stereocenters. The Morgan fingerprint density at radius 3 is 2.52 bits per heavy atom. The molecule has 0 aliphatic heterocycles. The van der Waals surface area contributed by atoms with Crippen molar-refractivity contribution in [1.82, 2.24) is 5.32 Å². The molecule has 1 aromatic carbocycles. The molecule has 136 valence electrons. The van der Waals surface area contributed by atoms with Crippen molar-refractivity contribution in [2.75, 3.05) is 6.61 Å². The SMILES string of the molecule is CCC(CC)NC(=O)COC(=O)CCC(=O)c1ccc2c(c1)CCC2. The van der Waals surface area contributed by atoms with Crippen LogP contribution in [0.2, 0.25) is 0 Å². The molecule has 1 aliphatic carbocycles. The van der Waals surface area contributed by atoms with E-state index in [1.54, 1.807) is 0 Å². The van der Waals surface area contributed by atoms with Gasteiger partial charge in [-0.05, 0) is 49.3 Å². The minimum Gasteiger partial charge on any atom is -0.456 e. The van der Waals surface area contributed by atoms with E-state index in [-0.39, 0.29) is 37.2 Å². The van der Waals surface area contributed by atoms with E-state index in [1.165, 1.54) is 11.1 Å². The number of fused-ring (bicyclic) bond motifs is 1. The number of rotatable bonds is 9. The van der Waals surface area contributed by atoms with E-state index < -0.39 is 5.97 Å². The number of carbonyl (C=O) groups is 3. The average Bonchev–Trinajstić information content (AvgIpc) is 3.10. The summed E-state index contributed by atoms with van der Waals surface area (Å²) in [5.41, 5.74) is 3.21. The van der Waals surface area contributed by atoms with Crippen LogP contribution in [0.15, 0.2) is 18.2 Å². The van der Waals surface area contributed by atoms with Crippen LogP contribution < -0.4 is 5.32 Å². The lowest BCUT2D eigenvalue weighted by Crippen LogP contribution is -2.36. The molecule has 0 heterocycles. The largest absolute Gasteiger partial charge is 0.456 e. The molecule has 1 N–H and O–H groups in total. The standard InChI is InChI=1S/C20H27NO4/c1-3-17(4-2)21-19(23)13-25-20(24)11-10-18(22)16-9-8-14-6-5-7-15(14)12-16/h8-9,12,17H,3-7,10-11,13H2,1-2H3,(H,21,23). The fourth-order valence-corrected chi connectivity index (χ4v) is 3.09. The number of hydrogen-bond donors (Lipinski definition) is 1. The highest BCUT2D eigenvalue weighted by molar-refractivity contribution is 5.97. The van der Waals surface area contributed by atoms with Crippen LogP contribution in [0.1, 0.15) is 67.4 Å². The highest BCUT2D eigenvalue weighted by atomic mass is 16.5. The zero-order chi connectivity index (χ0) is 18.2. The second-order valence-electron chi connectivity index (χ2n) is 6.50. The Kier molecular flexibility index (Phi) is 7.16. The van der Waals surface area contributed by atoms with Gasteiger partial charge in [0.2, 0.25) is 0 Å². The Balaban J connectivity index is 1.72. The molecule has 25 heavy (non-hydrogen) atoms. The average molecular weight is 345 g/mol. The number of hydrogen-bond acceptors (Lipinski definition) is 4. The molecule has 1 amide bonds. The van der Waals surface area contributed by atoms with Crippen molar-refractivity contribution in [2.45, 2.75) is 64.8 Å². The second kappa shape index (κ2) is 9.35. The number of amides is 1. The van der Waals surface area contributed by atoms with Crippen LogP contribution in [0, 0.1) is 0 Å². The first kappa shape index (κ1) is 19.2. The number of nitrogens with one attached hydrogen (secondary N) is 1. The molecule has 0 saturated carbocycles. The number of aryl methyl sites for hydroxylation is 2. The molecule has 5 nitrogen and oxygen atoms in total. The number of ether oxygens (including phenoxy) is 1. The van der Waals surface area contributed by atoms with E-state index in [2.05, 4.69) is 5.32 Å². The zero-order valence-electron chi connectivity index (χ0n) is 15.1. The van der Waals surface area contributed by atoms with Crippen molar-refractivity contribution in [2.24, 2.45) is 0 Å². The van der Waals surface area contributed by atoms with Crippen molar-refractivity contribution < 1.29 is 19.1 Å². The molecule has 5 heteroatoms. The number of ketones is 1. The molecular formula is C20H27NO4. The molecule has 0 aromatic heterocycles. The molecular weight excluding hydrogens is 318 g/mol. The van der Waals surface area contributed by atoms with Crippen LogP contribution in [-0.4, -0.2) is 30.3 Å². The summed E-state index contributed by atoms with van der Waals surface area (Å²) in [6.45, 7) is 3.69. The molecule has 0 radical (unpaired) electrons. The van der Waals surface area contributed by atoms with Crippen LogP contribution in [0.25, 0.3) is 0 Å². The number of benzene rings is 1. The molecule has 0 saturated heterocycles. The Bertz CT molecular complexity index is 635. The fraction of sp³-hybridized carbons (Fsp3) is 0.550. The second-order valence-corrected chi connectivity index (χ2v) is 6.50. The Hall–Kier alpha value is -2.17. The van der Waals surface area contributed by atoms with Gasteiger partial charge in [-0.2, -0.15) is 0 Å². The summed E-state index contributed by atoms with van der Waals surface area (Å²) in [7, 11) is 0. The van der Waals surface area contributed by atoms with Crippen molar-refractivity contribution in [3.8, 4) is 0 Å². The third kappa shape index (κ3) is 5.69. The maximum atomic E-state index is 12.2. The minimum atomic E-state index is -0.519. The third-order valence-corrected chi connectivity index (χ3v) is 4.69. The van der Waals surface area contributed by atoms with Gasteiger partial charge in [0.15, 0.2) is 12.4 Å². The third-order valence-electron chi connectivity index (χ3n) is 4.69. The van der Waals surface area contributed by atoms with Gasteiger partial charge in [-0.1, -0.05) is 26.0 Å². The molecule has 0 spiro atoms.